The average molecular weight is 314 g/mol. The quantitative estimate of drug-likeness (QED) is 0.608. The van der Waals surface area contributed by atoms with Gasteiger partial charge in [0, 0.05) is 17.3 Å². The minimum Gasteiger partial charge on any atom is -0.433 e. The molecule has 0 heterocycles. The molecule has 0 unspecified atom stereocenters. The van der Waals surface area contributed by atoms with Crippen LogP contribution >= 0.6 is 27.5 Å². The normalized spacial score (nSPS) is 10.6. The fourth-order valence-corrected chi connectivity index (χ4v) is 1.68. The van der Waals surface area contributed by atoms with Crippen molar-refractivity contribution >= 4 is 33.3 Å². The number of ether oxygens (including phenoxy) is 1. The van der Waals surface area contributed by atoms with E-state index in [0.717, 1.165) is 0 Å². The van der Waals surface area contributed by atoms with E-state index in [4.69, 9.17) is 11.6 Å². The van der Waals surface area contributed by atoms with Crippen molar-refractivity contribution in [3.63, 3.8) is 0 Å². The first kappa shape index (κ1) is 13.4. The summed E-state index contributed by atoms with van der Waals surface area (Å²) in [5, 5.41) is 0.541. The largest absolute Gasteiger partial charge is 0.433 e. The molecular weight excluding hydrogens is 305 g/mol. The number of rotatable bonds is 5. The lowest BCUT2D eigenvalue weighted by molar-refractivity contribution is -0.0497. The number of ketones is 1. The van der Waals surface area contributed by atoms with E-state index < -0.39 is 6.61 Å². The van der Waals surface area contributed by atoms with Crippen LogP contribution in [0.3, 0.4) is 0 Å². The van der Waals surface area contributed by atoms with Crippen molar-refractivity contribution in [1.29, 1.82) is 0 Å². The molecule has 0 aromatic heterocycles. The first-order valence-electron chi connectivity index (χ1n) is 4.38. The van der Waals surface area contributed by atoms with Gasteiger partial charge >= 0.3 is 6.61 Å². The third-order valence-electron chi connectivity index (χ3n) is 1.79. The first-order valence-corrected chi connectivity index (χ1v) is 5.88. The summed E-state index contributed by atoms with van der Waals surface area (Å²) in [6.45, 7) is -2.93. The molecule has 0 amide bonds. The molecule has 0 atom stereocenters. The Hall–Kier alpha value is -0.680. The molecule has 0 aliphatic rings. The van der Waals surface area contributed by atoms with Crippen molar-refractivity contribution in [1.82, 2.24) is 0 Å². The lowest BCUT2D eigenvalue weighted by atomic mass is 10.1. The maximum atomic E-state index is 11.9. The molecule has 0 bridgehead atoms. The summed E-state index contributed by atoms with van der Waals surface area (Å²) in [5.74, 6) is -0.241. The van der Waals surface area contributed by atoms with Crippen LogP contribution in [0.15, 0.2) is 18.2 Å². The van der Waals surface area contributed by atoms with Crippen molar-refractivity contribution in [2.24, 2.45) is 0 Å². The highest BCUT2D eigenvalue weighted by molar-refractivity contribution is 9.09. The molecule has 1 rings (SSSR count). The number of halogens is 4. The molecule has 0 spiro atoms. The summed E-state index contributed by atoms with van der Waals surface area (Å²) in [7, 11) is 0. The van der Waals surface area contributed by atoms with Gasteiger partial charge in [-0.3, -0.25) is 4.79 Å². The van der Waals surface area contributed by atoms with Crippen LogP contribution < -0.4 is 4.74 Å². The number of carbonyl (C=O) groups is 1. The van der Waals surface area contributed by atoms with E-state index in [0.29, 0.717) is 17.3 Å². The Kier molecular flexibility index (Phi) is 5.15. The molecule has 0 fully saturated rings. The molecule has 16 heavy (non-hydrogen) atoms. The number of carbonyl (C=O) groups excluding carboxylic acids is 1. The fourth-order valence-electron chi connectivity index (χ4n) is 1.10. The summed E-state index contributed by atoms with van der Waals surface area (Å²) in [4.78, 5) is 11.5. The summed E-state index contributed by atoms with van der Waals surface area (Å²) < 4.78 is 28.0. The average Bonchev–Trinajstić information content (AvgIpc) is 2.20. The van der Waals surface area contributed by atoms with Gasteiger partial charge in [0.15, 0.2) is 5.78 Å². The van der Waals surface area contributed by atoms with E-state index in [1.54, 1.807) is 0 Å². The van der Waals surface area contributed by atoms with Gasteiger partial charge in [-0.1, -0.05) is 27.5 Å². The van der Waals surface area contributed by atoms with Crippen LogP contribution in [0.1, 0.15) is 16.8 Å². The van der Waals surface area contributed by atoms with Crippen molar-refractivity contribution < 1.29 is 18.3 Å². The van der Waals surface area contributed by atoms with Crippen molar-refractivity contribution in [2.75, 3.05) is 5.33 Å². The van der Waals surface area contributed by atoms with Crippen LogP contribution in [-0.4, -0.2) is 17.7 Å². The van der Waals surface area contributed by atoms with Gasteiger partial charge in [-0.25, -0.2) is 0 Å². The van der Waals surface area contributed by atoms with E-state index in [2.05, 4.69) is 20.7 Å². The number of benzene rings is 1. The van der Waals surface area contributed by atoms with Crippen LogP contribution in [0.4, 0.5) is 8.78 Å². The molecule has 1 aromatic carbocycles. The molecule has 0 aliphatic heterocycles. The highest BCUT2D eigenvalue weighted by atomic mass is 79.9. The van der Waals surface area contributed by atoms with Crippen LogP contribution in [0, 0.1) is 0 Å². The smallest absolute Gasteiger partial charge is 0.387 e. The lowest BCUT2D eigenvalue weighted by Gasteiger charge is -2.07. The van der Waals surface area contributed by atoms with E-state index in [9.17, 15) is 13.6 Å². The predicted molar refractivity (Wildman–Crippen MR) is 60.8 cm³/mol. The Morgan fingerprint density at radius 3 is 2.69 bits per heavy atom. The van der Waals surface area contributed by atoms with Crippen LogP contribution in [0.25, 0.3) is 0 Å². The summed E-state index contributed by atoms with van der Waals surface area (Å²) in [5.41, 5.74) is 0.381. The van der Waals surface area contributed by atoms with Crippen molar-refractivity contribution in [3.8, 4) is 5.75 Å². The highest BCUT2D eigenvalue weighted by Gasteiger charge is 2.11. The molecule has 6 heteroatoms. The Morgan fingerprint density at radius 1 is 1.50 bits per heavy atom. The second-order valence-electron chi connectivity index (χ2n) is 2.89. The van der Waals surface area contributed by atoms with Gasteiger partial charge in [0.25, 0.3) is 0 Å². The zero-order valence-corrected chi connectivity index (χ0v) is 10.4. The van der Waals surface area contributed by atoms with Crippen LogP contribution in [0.2, 0.25) is 5.02 Å². The van der Waals surface area contributed by atoms with Gasteiger partial charge in [0.2, 0.25) is 0 Å². The topological polar surface area (TPSA) is 26.3 Å². The summed E-state index contributed by atoms with van der Waals surface area (Å²) >= 11 is 8.83. The van der Waals surface area contributed by atoms with Crippen molar-refractivity contribution in [3.05, 3.63) is 28.8 Å². The fraction of sp³-hybridized carbons (Fsp3) is 0.300. The molecule has 0 radical (unpaired) electrons. The highest BCUT2D eigenvalue weighted by Crippen LogP contribution is 2.27. The minimum absolute atomic E-state index is 0.000669. The third-order valence-corrected chi connectivity index (χ3v) is 2.48. The zero-order valence-electron chi connectivity index (χ0n) is 8.05. The molecule has 88 valence electrons. The second kappa shape index (κ2) is 6.15. The summed E-state index contributed by atoms with van der Waals surface area (Å²) in [6, 6.07) is 3.99. The van der Waals surface area contributed by atoms with Gasteiger partial charge in [-0.2, -0.15) is 8.78 Å². The number of hydrogen-bond acceptors (Lipinski definition) is 2. The third kappa shape index (κ3) is 3.72. The SMILES string of the molecule is O=C(CCBr)c1ccc(OC(F)F)c(Cl)c1. The van der Waals surface area contributed by atoms with Gasteiger partial charge in [-0.15, -0.1) is 0 Å². The Morgan fingerprint density at radius 2 is 2.19 bits per heavy atom. The van der Waals surface area contributed by atoms with Gasteiger partial charge < -0.3 is 4.74 Å². The van der Waals surface area contributed by atoms with E-state index in [-0.39, 0.29) is 16.6 Å². The molecule has 0 N–H and O–H groups in total. The van der Waals surface area contributed by atoms with E-state index >= 15 is 0 Å². The van der Waals surface area contributed by atoms with E-state index in [1.807, 2.05) is 0 Å². The maximum Gasteiger partial charge on any atom is 0.387 e. The monoisotopic (exact) mass is 312 g/mol. The molecular formula is C10H8BrClF2O2. The molecule has 1 aromatic rings. The number of Topliss-reactive ketones (excluding diaryl/α,β-unsaturated/α-hetero) is 1. The Labute approximate surface area is 105 Å². The molecule has 2 nitrogen and oxygen atoms in total. The molecule has 0 saturated carbocycles. The van der Waals surface area contributed by atoms with Crippen LogP contribution in [0.5, 0.6) is 5.75 Å². The summed E-state index contributed by atoms with van der Waals surface area (Å²) in [6.07, 6.45) is 0.325. The maximum absolute atomic E-state index is 11.9. The number of hydrogen-bond donors (Lipinski definition) is 0. The first-order chi connectivity index (χ1) is 7.54. The zero-order chi connectivity index (χ0) is 12.1. The standard InChI is InChI=1S/C10H8BrClF2O2/c11-4-3-8(15)6-1-2-9(7(12)5-6)16-10(13)14/h1-2,5,10H,3-4H2. The molecule has 0 saturated heterocycles. The van der Waals surface area contributed by atoms with Gasteiger partial charge in [0.1, 0.15) is 5.75 Å². The predicted octanol–water partition coefficient (Wildman–Crippen LogP) is 3.91. The molecule has 0 aliphatic carbocycles. The second-order valence-corrected chi connectivity index (χ2v) is 4.09. The van der Waals surface area contributed by atoms with Crippen molar-refractivity contribution in [2.45, 2.75) is 13.0 Å². The lowest BCUT2D eigenvalue weighted by Crippen LogP contribution is -2.04. The number of alkyl halides is 3. The van der Waals surface area contributed by atoms with Gasteiger partial charge in [-0.05, 0) is 18.2 Å². The Balaban J connectivity index is 2.86. The Bertz CT molecular complexity index is 385. The van der Waals surface area contributed by atoms with Crippen LogP contribution in [-0.2, 0) is 0 Å². The van der Waals surface area contributed by atoms with Gasteiger partial charge in [0.05, 0.1) is 5.02 Å². The minimum atomic E-state index is -2.93. The van der Waals surface area contributed by atoms with E-state index in [1.165, 1.54) is 18.2 Å².